The lowest BCUT2D eigenvalue weighted by molar-refractivity contribution is -0.136. The number of nitrogens with zero attached hydrogens (tertiary/aromatic N) is 1. The van der Waals surface area contributed by atoms with Gasteiger partial charge in [-0.15, -0.1) is 0 Å². The van der Waals surface area contributed by atoms with Gasteiger partial charge in [-0.1, -0.05) is 81.7 Å². The maximum absolute atomic E-state index is 12.6. The van der Waals surface area contributed by atoms with Crippen molar-refractivity contribution in [2.45, 2.75) is 65.0 Å². The first-order valence-electron chi connectivity index (χ1n) is 9.87. The Morgan fingerprint density at radius 1 is 1.22 bits per heavy atom. The van der Waals surface area contributed by atoms with Gasteiger partial charge in [-0.2, -0.15) is 0 Å². The van der Waals surface area contributed by atoms with E-state index in [1.54, 1.807) is 13.0 Å². The normalized spacial score (nSPS) is 18.6. The molecule has 5 heteroatoms. The van der Waals surface area contributed by atoms with E-state index in [1.807, 2.05) is 49.4 Å². The van der Waals surface area contributed by atoms with Crippen molar-refractivity contribution in [3.8, 4) is 0 Å². The number of ether oxygens (including phenoxy) is 1. The monoisotopic (exact) mass is 375 g/mol. The van der Waals surface area contributed by atoms with Crippen molar-refractivity contribution in [1.82, 2.24) is 4.90 Å². The van der Waals surface area contributed by atoms with Crippen LogP contribution in [0.15, 0.2) is 48.6 Å². The molecule has 1 heterocycles. The third-order valence-electron chi connectivity index (χ3n) is 4.38. The van der Waals surface area contributed by atoms with E-state index in [0.717, 1.165) is 30.6 Å². The predicted octanol–water partition coefficient (Wildman–Crippen LogP) is 4.56. The SMILES string of the molecule is CCC/C=C/C(O)C(CCCC)C(=O)N1C(=O)OC[C@H]1C.c1ccccc1. The molecular weight excluding hydrogens is 342 g/mol. The number of rotatable bonds is 8. The van der Waals surface area contributed by atoms with Crippen molar-refractivity contribution in [2.24, 2.45) is 5.92 Å². The maximum Gasteiger partial charge on any atom is 0.416 e. The number of hydrogen-bond acceptors (Lipinski definition) is 4. The number of cyclic esters (lactones) is 1. The second kappa shape index (κ2) is 13.1. The topological polar surface area (TPSA) is 66.8 Å². The van der Waals surface area contributed by atoms with Crippen LogP contribution in [0.2, 0.25) is 0 Å². The fourth-order valence-corrected chi connectivity index (χ4v) is 2.79. The van der Waals surface area contributed by atoms with Gasteiger partial charge >= 0.3 is 6.09 Å². The molecular formula is C22H33NO4. The molecule has 0 saturated carbocycles. The first-order chi connectivity index (χ1) is 13.0. The molecule has 0 aliphatic carbocycles. The molecule has 5 nitrogen and oxygen atoms in total. The zero-order valence-corrected chi connectivity index (χ0v) is 16.7. The number of aliphatic hydroxyl groups excluding tert-OH is 1. The molecule has 150 valence electrons. The Morgan fingerprint density at radius 2 is 1.81 bits per heavy atom. The van der Waals surface area contributed by atoms with E-state index >= 15 is 0 Å². The largest absolute Gasteiger partial charge is 0.447 e. The van der Waals surface area contributed by atoms with E-state index in [2.05, 4.69) is 6.92 Å². The second-order valence-corrected chi connectivity index (χ2v) is 6.75. The second-order valence-electron chi connectivity index (χ2n) is 6.75. The van der Waals surface area contributed by atoms with E-state index in [1.165, 1.54) is 0 Å². The van der Waals surface area contributed by atoms with Crippen molar-refractivity contribution in [3.05, 3.63) is 48.6 Å². The number of benzene rings is 1. The Morgan fingerprint density at radius 3 is 2.26 bits per heavy atom. The lowest BCUT2D eigenvalue weighted by atomic mass is 9.93. The average molecular weight is 376 g/mol. The number of aliphatic hydroxyl groups is 1. The molecule has 1 aromatic rings. The quantitative estimate of drug-likeness (QED) is 0.676. The summed E-state index contributed by atoms with van der Waals surface area (Å²) in [5, 5.41) is 10.3. The molecule has 27 heavy (non-hydrogen) atoms. The van der Waals surface area contributed by atoms with Crippen LogP contribution in [0.3, 0.4) is 0 Å². The van der Waals surface area contributed by atoms with Crippen LogP contribution in [0.4, 0.5) is 4.79 Å². The summed E-state index contributed by atoms with van der Waals surface area (Å²) >= 11 is 0. The summed E-state index contributed by atoms with van der Waals surface area (Å²) in [4.78, 5) is 25.4. The van der Waals surface area contributed by atoms with Crippen molar-refractivity contribution >= 4 is 12.0 Å². The summed E-state index contributed by atoms with van der Waals surface area (Å²) in [6.45, 7) is 6.10. The molecule has 1 N–H and O–H groups in total. The highest BCUT2D eigenvalue weighted by Crippen LogP contribution is 2.22. The Balaban J connectivity index is 0.000000511. The molecule has 2 rings (SSSR count). The molecule has 1 fully saturated rings. The lowest BCUT2D eigenvalue weighted by Gasteiger charge is -2.25. The number of allylic oxidation sites excluding steroid dienone is 1. The van der Waals surface area contributed by atoms with Crippen LogP contribution in [0, 0.1) is 5.92 Å². The van der Waals surface area contributed by atoms with E-state index in [0.29, 0.717) is 6.42 Å². The van der Waals surface area contributed by atoms with Crippen LogP contribution in [-0.4, -0.2) is 40.8 Å². The van der Waals surface area contributed by atoms with Gasteiger partial charge in [-0.25, -0.2) is 9.69 Å². The van der Waals surface area contributed by atoms with Crippen LogP contribution in [0.25, 0.3) is 0 Å². The van der Waals surface area contributed by atoms with Gasteiger partial charge < -0.3 is 9.84 Å². The molecule has 0 spiro atoms. The minimum absolute atomic E-state index is 0.229. The third kappa shape index (κ3) is 7.95. The van der Waals surface area contributed by atoms with Gasteiger partial charge in [0, 0.05) is 0 Å². The highest BCUT2D eigenvalue weighted by Gasteiger charge is 2.40. The van der Waals surface area contributed by atoms with Crippen LogP contribution < -0.4 is 0 Å². The molecule has 2 unspecified atom stereocenters. The number of imide groups is 1. The zero-order valence-electron chi connectivity index (χ0n) is 16.7. The Kier molecular flexibility index (Phi) is 11.1. The minimum atomic E-state index is -0.851. The van der Waals surface area contributed by atoms with Crippen LogP contribution >= 0.6 is 0 Å². The molecule has 0 radical (unpaired) electrons. The zero-order chi connectivity index (χ0) is 20.1. The summed E-state index contributed by atoms with van der Waals surface area (Å²) in [6, 6.07) is 11.7. The molecule has 2 amide bonds. The molecule has 1 aliphatic heterocycles. The third-order valence-corrected chi connectivity index (χ3v) is 4.38. The predicted molar refractivity (Wildman–Crippen MR) is 107 cm³/mol. The maximum atomic E-state index is 12.6. The molecule has 0 bridgehead atoms. The van der Waals surface area contributed by atoms with Gasteiger partial charge in [0.25, 0.3) is 0 Å². The Hall–Kier alpha value is -2.14. The standard InChI is InChI=1S/C16H27NO4.C6H6/c1-4-6-8-10-14(18)13(9-7-5-2)15(19)17-12(3)11-21-16(17)20;1-2-4-6-5-3-1/h8,10,12-14,18H,4-7,9,11H2,1-3H3;1-6H/b10-8+;/t12-,13?,14?;/m1./s1. The minimum Gasteiger partial charge on any atom is -0.447 e. The Bertz CT molecular complexity index is 546. The van der Waals surface area contributed by atoms with E-state index in [9.17, 15) is 14.7 Å². The molecule has 1 aromatic carbocycles. The number of carbonyl (C=O) groups is 2. The van der Waals surface area contributed by atoms with E-state index < -0.39 is 18.1 Å². The molecule has 3 atom stereocenters. The first-order valence-corrected chi connectivity index (χ1v) is 9.87. The summed E-state index contributed by atoms with van der Waals surface area (Å²) < 4.78 is 4.90. The highest BCUT2D eigenvalue weighted by atomic mass is 16.6. The van der Waals surface area contributed by atoms with E-state index in [4.69, 9.17) is 4.74 Å². The van der Waals surface area contributed by atoms with E-state index in [-0.39, 0.29) is 18.6 Å². The van der Waals surface area contributed by atoms with Gasteiger partial charge in [-0.3, -0.25) is 4.79 Å². The number of hydrogen-bond donors (Lipinski definition) is 1. The van der Waals surface area contributed by atoms with Crippen LogP contribution in [-0.2, 0) is 9.53 Å². The number of unbranched alkanes of at least 4 members (excludes halogenated alkanes) is 2. The Labute approximate surface area is 163 Å². The van der Waals surface area contributed by atoms with Crippen molar-refractivity contribution in [1.29, 1.82) is 0 Å². The molecule has 1 aliphatic rings. The lowest BCUT2D eigenvalue weighted by Crippen LogP contribution is -2.44. The fourth-order valence-electron chi connectivity index (χ4n) is 2.79. The summed E-state index contributed by atoms with van der Waals surface area (Å²) in [5.74, 6) is -0.904. The van der Waals surface area contributed by atoms with Gasteiger partial charge in [0.1, 0.15) is 6.61 Å². The van der Waals surface area contributed by atoms with Gasteiger partial charge in [0.15, 0.2) is 0 Å². The fraction of sp³-hybridized carbons (Fsp3) is 0.545. The highest BCUT2D eigenvalue weighted by molar-refractivity contribution is 5.95. The van der Waals surface area contributed by atoms with Crippen molar-refractivity contribution < 1.29 is 19.4 Å². The molecule has 1 saturated heterocycles. The first kappa shape index (κ1) is 22.9. The summed E-state index contributed by atoms with van der Waals surface area (Å²) in [6.07, 6.45) is 6.33. The van der Waals surface area contributed by atoms with Gasteiger partial charge in [0.05, 0.1) is 18.1 Å². The number of amides is 2. The van der Waals surface area contributed by atoms with Gasteiger partial charge in [0.2, 0.25) is 5.91 Å². The van der Waals surface area contributed by atoms with Crippen molar-refractivity contribution in [3.63, 3.8) is 0 Å². The average Bonchev–Trinajstić information content (AvgIpc) is 3.02. The molecule has 0 aromatic heterocycles. The summed E-state index contributed by atoms with van der Waals surface area (Å²) in [7, 11) is 0. The van der Waals surface area contributed by atoms with Crippen molar-refractivity contribution in [2.75, 3.05) is 6.61 Å². The number of carbonyl (C=O) groups excluding carboxylic acids is 2. The smallest absolute Gasteiger partial charge is 0.416 e. The van der Waals surface area contributed by atoms with Crippen LogP contribution in [0.1, 0.15) is 52.9 Å². The summed E-state index contributed by atoms with van der Waals surface area (Å²) in [5.41, 5.74) is 0. The van der Waals surface area contributed by atoms with Gasteiger partial charge in [-0.05, 0) is 19.8 Å². The van der Waals surface area contributed by atoms with Crippen LogP contribution in [0.5, 0.6) is 0 Å².